The molecule has 2 aromatic carbocycles. The van der Waals surface area contributed by atoms with Crippen molar-refractivity contribution in [2.45, 2.75) is 17.9 Å². The summed E-state index contributed by atoms with van der Waals surface area (Å²) in [6.45, 7) is 3.08. The molecule has 2 nitrogen and oxygen atoms in total. The molecular formula is C18H18Cl2N2S. The zero-order valence-electron chi connectivity index (χ0n) is 12.8. The smallest absolute Gasteiger partial charge is 0.0542 e. The Bertz CT molecular complexity index is 801. The summed E-state index contributed by atoms with van der Waals surface area (Å²) in [5.74, 6) is 0.937. The highest BCUT2D eigenvalue weighted by Gasteiger charge is 2.10. The molecule has 0 fully saturated rings. The first-order chi connectivity index (χ1) is 11.1. The van der Waals surface area contributed by atoms with Crippen LogP contribution in [0.5, 0.6) is 0 Å². The van der Waals surface area contributed by atoms with Gasteiger partial charge in [0.15, 0.2) is 0 Å². The number of halogens is 2. The summed E-state index contributed by atoms with van der Waals surface area (Å²) in [5.41, 5.74) is 2.47. The van der Waals surface area contributed by atoms with E-state index >= 15 is 0 Å². The SMILES string of the molecule is CC(NCCSc1cc(Cl)ccc1Cl)c1c[nH]c2ccccc12. The number of aromatic nitrogens is 1. The number of nitrogens with one attached hydrogen (secondary N) is 2. The van der Waals surface area contributed by atoms with Gasteiger partial charge in [-0.25, -0.2) is 0 Å². The van der Waals surface area contributed by atoms with Crippen LogP contribution in [0, 0.1) is 0 Å². The number of para-hydroxylation sites is 1. The van der Waals surface area contributed by atoms with Crippen molar-refractivity contribution < 1.29 is 0 Å². The number of H-pyrrole nitrogens is 1. The molecule has 0 aliphatic rings. The monoisotopic (exact) mass is 364 g/mol. The Morgan fingerprint density at radius 1 is 1.17 bits per heavy atom. The summed E-state index contributed by atoms with van der Waals surface area (Å²) >= 11 is 13.9. The van der Waals surface area contributed by atoms with Gasteiger partial charge in [0, 0.05) is 45.4 Å². The molecule has 0 radical (unpaired) electrons. The third-order valence-electron chi connectivity index (χ3n) is 3.79. The molecule has 0 spiro atoms. The number of hydrogen-bond donors (Lipinski definition) is 2. The van der Waals surface area contributed by atoms with E-state index in [-0.39, 0.29) is 0 Å². The van der Waals surface area contributed by atoms with Crippen LogP contribution in [-0.2, 0) is 0 Å². The van der Waals surface area contributed by atoms with Crippen molar-refractivity contribution >= 4 is 45.9 Å². The van der Waals surface area contributed by atoms with Crippen LogP contribution in [0.3, 0.4) is 0 Å². The number of aromatic amines is 1. The van der Waals surface area contributed by atoms with E-state index < -0.39 is 0 Å². The number of thioether (sulfide) groups is 1. The van der Waals surface area contributed by atoms with E-state index in [9.17, 15) is 0 Å². The second-order valence-corrected chi connectivity index (χ2v) is 7.37. The lowest BCUT2D eigenvalue weighted by molar-refractivity contribution is 0.605. The van der Waals surface area contributed by atoms with Crippen molar-refractivity contribution in [1.29, 1.82) is 0 Å². The zero-order valence-corrected chi connectivity index (χ0v) is 15.1. The Morgan fingerprint density at radius 2 is 2.00 bits per heavy atom. The molecule has 1 atom stereocenters. The predicted octanol–water partition coefficient (Wildman–Crippen LogP) is 5.92. The van der Waals surface area contributed by atoms with Gasteiger partial charge in [-0.2, -0.15) is 0 Å². The molecule has 3 rings (SSSR count). The maximum absolute atomic E-state index is 6.18. The van der Waals surface area contributed by atoms with E-state index in [2.05, 4.69) is 41.6 Å². The molecule has 5 heteroatoms. The summed E-state index contributed by atoms with van der Waals surface area (Å²) in [6.07, 6.45) is 2.09. The Balaban J connectivity index is 1.55. The summed E-state index contributed by atoms with van der Waals surface area (Å²) in [6, 6.07) is 14.2. The van der Waals surface area contributed by atoms with Crippen molar-refractivity contribution in [2.75, 3.05) is 12.3 Å². The number of rotatable bonds is 6. The summed E-state index contributed by atoms with van der Waals surface area (Å²) in [5, 5.41) is 6.31. The molecule has 0 bridgehead atoms. The maximum Gasteiger partial charge on any atom is 0.0542 e. The quantitative estimate of drug-likeness (QED) is 0.419. The molecule has 23 heavy (non-hydrogen) atoms. The van der Waals surface area contributed by atoms with Crippen molar-refractivity contribution in [1.82, 2.24) is 10.3 Å². The van der Waals surface area contributed by atoms with Gasteiger partial charge in [-0.15, -0.1) is 11.8 Å². The minimum atomic E-state index is 0.293. The van der Waals surface area contributed by atoms with E-state index in [1.165, 1.54) is 16.5 Å². The normalized spacial score (nSPS) is 12.7. The highest BCUT2D eigenvalue weighted by molar-refractivity contribution is 7.99. The maximum atomic E-state index is 6.18. The first-order valence-electron chi connectivity index (χ1n) is 7.52. The van der Waals surface area contributed by atoms with Crippen LogP contribution in [0.25, 0.3) is 10.9 Å². The molecule has 2 N–H and O–H groups in total. The molecule has 1 unspecified atom stereocenters. The molecule has 1 aromatic heterocycles. The van der Waals surface area contributed by atoms with Gasteiger partial charge in [0.25, 0.3) is 0 Å². The molecule has 3 aromatic rings. The fourth-order valence-electron chi connectivity index (χ4n) is 2.59. The Morgan fingerprint density at radius 3 is 2.87 bits per heavy atom. The highest BCUT2D eigenvalue weighted by Crippen LogP contribution is 2.30. The van der Waals surface area contributed by atoms with Gasteiger partial charge < -0.3 is 10.3 Å². The average molecular weight is 365 g/mol. The minimum absolute atomic E-state index is 0.293. The van der Waals surface area contributed by atoms with Crippen molar-refractivity contribution in [2.24, 2.45) is 0 Å². The van der Waals surface area contributed by atoms with Gasteiger partial charge in [0.1, 0.15) is 0 Å². The van der Waals surface area contributed by atoms with Crippen LogP contribution >= 0.6 is 35.0 Å². The fourth-order valence-corrected chi connectivity index (χ4v) is 3.96. The minimum Gasteiger partial charge on any atom is -0.361 e. The number of hydrogen-bond acceptors (Lipinski definition) is 2. The molecule has 0 aliphatic carbocycles. The second kappa shape index (κ2) is 7.63. The fraction of sp³-hybridized carbons (Fsp3) is 0.222. The van der Waals surface area contributed by atoms with Crippen molar-refractivity contribution in [3.05, 3.63) is 64.3 Å². The van der Waals surface area contributed by atoms with Crippen LogP contribution in [0.4, 0.5) is 0 Å². The average Bonchev–Trinajstić information content (AvgIpc) is 2.98. The van der Waals surface area contributed by atoms with Gasteiger partial charge >= 0.3 is 0 Å². The van der Waals surface area contributed by atoms with Gasteiger partial charge in [-0.05, 0) is 36.8 Å². The van der Waals surface area contributed by atoms with Crippen LogP contribution in [0.15, 0.2) is 53.6 Å². The molecule has 1 heterocycles. The molecule has 0 amide bonds. The number of benzene rings is 2. The van der Waals surface area contributed by atoms with Crippen LogP contribution in [0.2, 0.25) is 10.0 Å². The molecule has 0 saturated carbocycles. The third kappa shape index (κ3) is 4.04. The lowest BCUT2D eigenvalue weighted by Gasteiger charge is -2.13. The molecule has 0 aliphatic heterocycles. The summed E-state index contributed by atoms with van der Waals surface area (Å²) in [7, 11) is 0. The van der Waals surface area contributed by atoms with E-state index in [0.29, 0.717) is 6.04 Å². The first-order valence-corrected chi connectivity index (χ1v) is 9.26. The lowest BCUT2D eigenvalue weighted by Crippen LogP contribution is -2.21. The second-order valence-electron chi connectivity index (χ2n) is 5.39. The van der Waals surface area contributed by atoms with Crippen LogP contribution < -0.4 is 5.32 Å². The summed E-state index contributed by atoms with van der Waals surface area (Å²) in [4.78, 5) is 4.35. The Hall–Kier alpha value is -1.13. The zero-order chi connectivity index (χ0) is 16.2. The Labute approximate surface area is 150 Å². The topological polar surface area (TPSA) is 27.8 Å². The first kappa shape index (κ1) is 16.7. The van der Waals surface area contributed by atoms with E-state index in [1.807, 2.05) is 24.3 Å². The van der Waals surface area contributed by atoms with Gasteiger partial charge in [0.05, 0.1) is 5.02 Å². The molecular weight excluding hydrogens is 347 g/mol. The Kier molecular flexibility index (Phi) is 5.54. The lowest BCUT2D eigenvalue weighted by atomic mass is 10.1. The highest BCUT2D eigenvalue weighted by atomic mass is 35.5. The largest absolute Gasteiger partial charge is 0.361 e. The predicted molar refractivity (Wildman–Crippen MR) is 102 cm³/mol. The molecule has 0 saturated heterocycles. The van der Waals surface area contributed by atoms with Crippen LogP contribution in [0.1, 0.15) is 18.5 Å². The van der Waals surface area contributed by atoms with E-state index in [1.54, 1.807) is 11.8 Å². The van der Waals surface area contributed by atoms with Gasteiger partial charge in [0.2, 0.25) is 0 Å². The standard InChI is InChI=1S/C18H18Cl2N2S/c1-12(15-11-22-17-5-3-2-4-14(15)17)21-8-9-23-18-10-13(19)6-7-16(18)20/h2-7,10-12,21-22H,8-9H2,1H3. The van der Waals surface area contributed by atoms with Gasteiger partial charge in [-0.3, -0.25) is 0 Å². The number of fused-ring (bicyclic) bond motifs is 1. The van der Waals surface area contributed by atoms with Gasteiger partial charge in [-0.1, -0.05) is 41.4 Å². The van der Waals surface area contributed by atoms with E-state index in [0.717, 1.165) is 27.2 Å². The van der Waals surface area contributed by atoms with Crippen LogP contribution in [-0.4, -0.2) is 17.3 Å². The third-order valence-corrected chi connectivity index (χ3v) is 5.52. The summed E-state index contributed by atoms with van der Waals surface area (Å²) < 4.78 is 0. The van der Waals surface area contributed by atoms with E-state index in [4.69, 9.17) is 23.2 Å². The van der Waals surface area contributed by atoms with Crippen molar-refractivity contribution in [3.63, 3.8) is 0 Å². The van der Waals surface area contributed by atoms with Crippen molar-refractivity contribution in [3.8, 4) is 0 Å². The molecule has 120 valence electrons.